The van der Waals surface area contributed by atoms with Crippen LogP contribution < -0.4 is 0 Å². The van der Waals surface area contributed by atoms with Gasteiger partial charge in [-0.3, -0.25) is 4.98 Å². The van der Waals surface area contributed by atoms with Gasteiger partial charge in [0.1, 0.15) is 10.8 Å². The number of nitrogens with zero attached hydrogens (tertiary/aromatic N) is 3. The van der Waals surface area contributed by atoms with Gasteiger partial charge in [0.05, 0.1) is 10.7 Å². The van der Waals surface area contributed by atoms with Crippen LogP contribution in [0.5, 0.6) is 0 Å². The van der Waals surface area contributed by atoms with E-state index in [-0.39, 0.29) is 0 Å². The van der Waals surface area contributed by atoms with Crippen LogP contribution in [0.3, 0.4) is 0 Å². The monoisotopic (exact) mass is 301 g/mol. The highest BCUT2D eigenvalue weighted by molar-refractivity contribution is 6.33. The molecule has 0 fully saturated rings. The molecule has 0 aliphatic carbocycles. The molecule has 0 atom stereocenters. The number of pyridine rings is 1. The Labute approximate surface area is 126 Å². The number of hydrogen-bond acceptors (Lipinski definition) is 3. The van der Waals surface area contributed by atoms with Gasteiger partial charge >= 0.3 is 0 Å². The van der Waals surface area contributed by atoms with Crippen molar-refractivity contribution in [2.24, 2.45) is 0 Å². The van der Waals surface area contributed by atoms with Crippen molar-refractivity contribution in [3.63, 3.8) is 0 Å². The fourth-order valence-corrected chi connectivity index (χ4v) is 2.22. The molecule has 0 aliphatic heterocycles. The highest BCUT2D eigenvalue weighted by atomic mass is 35.5. The lowest BCUT2D eigenvalue weighted by Crippen LogP contribution is -1.95. The van der Waals surface area contributed by atoms with Gasteiger partial charge in [-0.25, -0.2) is 9.97 Å². The molecule has 0 aliphatic rings. The van der Waals surface area contributed by atoms with Crippen LogP contribution in [0.15, 0.2) is 54.7 Å². The Balaban J connectivity index is 2.15. The van der Waals surface area contributed by atoms with Gasteiger partial charge in [-0.1, -0.05) is 53.5 Å². The Hall–Kier alpha value is -1.97. The Kier molecular flexibility index (Phi) is 3.63. The second-order valence-electron chi connectivity index (χ2n) is 4.10. The Morgan fingerprint density at radius 1 is 0.850 bits per heavy atom. The molecule has 0 saturated heterocycles. The lowest BCUT2D eigenvalue weighted by atomic mass is 10.1. The quantitative estimate of drug-likeness (QED) is 0.654. The predicted octanol–water partition coefficient (Wildman–Crippen LogP) is 4.51. The van der Waals surface area contributed by atoms with E-state index >= 15 is 0 Å². The molecule has 3 rings (SSSR count). The average molecular weight is 302 g/mol. The maximum atomic E-state index is 6.12. The first-order valence-electron chi connectivity index (χ1n) is 5.95. The number of hydrogen-bond donors (Lipinski definition) is 0. The van der Waals surface area contributed by atoms with Crippen LogP contribution in [-0.4, -0.2) is 15.0 Å². The third kappa shape index (κ3) is 2.64. The molecule has 0 saturated carbocycles. The van der Waals surface area contributed by atoms with Gasteiger partial charge < -0.3 is 0 Å². The molecule has 2 heterocycles. The normalized spacial score (nSPS) is 10.5. The molecule has 20 heavy (non-hydrogen) atoms. The predicted molar refractivity (Wildman–Crippen MR) is 80.7 cm³/mol. The van der Waals surface area contributed by atoms with E-state index in [9.17, 15) is 0 Å². The maximum absolute atomic E-state index is 6.12. The molecular weight excluding hydrogens is 293 g/mol. The Morgan fingerprint density at radius 3 is 2.40 bits per heavy atom. The summed E-state index contributed by atoms with van der Waals surface area (Å²) >= 11 is 12.2. The first-order chi connectivity index (χ1) is 9.74. The van der Waals surface area contributed by atoms with Crippen LogP contribution in [-0.2, 0) is 0 Å². The van der Waals surface area contributed by atoms with E-state index in [0.29, 0.717) is 21.7 Å². The molecule has 0 N–H and O–H groups in total. The zero-order chi connectivity index (χ0) is 13.9. The van der Waals surface area contributed by atoms with E-state index in [1.807, 2.05) is 30.3 Å². The fraction of sp³-hybridized carbons (Fsp3) is 0. The molecule has 98 valence electrons. The fourth-order valence-electron chi connectivity index (χ4n) is 1.83. The second-order valence-corrected chi connectivity index (χ2v) is 4.89. The molecular formula is C15H9Cl2N3. The van der Waals surface area contributed by atoms with Crippen LogP contribution in [0.2, 0.25) is 10.2 Å². The van der Waals surface area contributed by atoms with Crippen molar-refractivity contribution in [2.45, 2.75) is 0 Å². The molecule has 0 amide bonds. The molecule has 3 aromatic rings. The molecule has 0 bridgehead atoms. The van der Waals surface area contributed by atoms with Crippen LogP contribution in [0.4, 0.5) is 0 Å². The maximum Gasteiger partial charge on any atom is 0.181 e. The summed E-state index contributed by atoms with van der Waals surface area (Å²) in [5.41, 5.74) is 2.22. The minimum atomic E-state index is 0.357. The van der Waals surface area contributed by atoms with Crippen LogP contribution >= 0.6 is 23.2 Å². The lowest BCUT2D eigenvalue weighted by molar-refractivity contribution is 1.14. The topological polar surface area (TPSA) is 38.7 Å². The van der Waals surface area contributed by atoms with Gasteiger partial charge in [0.15, 0.2) is 5.82 Å². The van der Waals surface area contributed by atoms with Crippen molar-refractivity contribution in [3.05, 3.63) is 64.9 Å². The minimum Gasteiger partial charge on any atom is -0.251 e. The first kappa shape index (κ1) is 13.0. The van der Waals surface area contributed by atoms with Gasteiger partial charge in [-0.05, 0) is 12.1 Å². The summed E-state index contributed by atoms with van der Waals surface area (Å²) < 4.78 is 0. The van der Waals surface area contributed by atoms with E-state index in [4.69, 9.17) is 23.2 Å². The summed E-state index contributed by atoms with van der Waals surface area (Å²) in [5, 5.41) is 0.851. The number of benzene rings is 1. The largest absolute Gasteiger partial charge is 0.251 e. The molecule has 0 radical (unpaired) electrons. The zero-order valence-electron chi connectivity index (χ0n) is 10.3. The molecule has 0 unspecified atom stereocenters. The lowest BCUT2D eigenvalue weighted by Gasteiger charge is -2.06. The summed E-state index contributed by atoms with van der Waals surface area (Å²) in [5.74, 6) is 0.418. The summed E-state index contributed by atoms with van der Waals surface area (Å²) in [6.45, 7) is 0. The van der Waals surface area contributed by atoms with Gasteiger partial charge in [0.25, 0.3) is 0 Å². The molecule has 5 heteroatoms. The summed E-state index contributed by atoms with van der Waals surface area (Å²) in [4.78, 5) is 12.9. The third-order valence-electron chi connectivity index (χ3n) is 2.73. The summed E-state index contributed by atoms with van der Waals surface area (Å²) in [7, 11) is 0. The van der Waals surface area contributed by atoms with E-state index in [1.165, 1.54) is 0 Å². The smallest absolute Gasteiger partial charge is 0.181 e. The molecule has 0 spiro atoms. The van der Waals surface area contributed by atoms with Gasteiger partial charge in [-0.2, -0.15) is 0 Å². The highest BCUT2D eigenvalue weighted by Crippen LogP contribution is 2.26. The SMILES string of the molecule is Clc1cc(-c2ccccc2)nc(-c2ncccc2Cl)n1. The van der Waals surface area contributed by atoms with E-state index < -0.39 is 0 Å². The van der Waals surface area contributed by atoms with Crippen LogP contribution in [0.25, 0.3) is 22.8 Å². The summed E-state index contributed by atoms with van der Waals surface area (Å²) in [6, 6.07) is 15.0. The first-order valence-corrected chi connectivity index (χ1v) is 6.70. The second kappa shape index (κ2) is 5.57. The Bertz CT molecular complexity index is 745. The van der Waals surface area contributed by atoms with E-state index in [2.05, 4.69) is 15.0 Å². The van der Waals surface area contributed by atoms with E-state index in [0.717, 1.165) is 11.3 Å². The molecule has 3 nitrogen and oxygen atoms in total. The summed E-state index contributed by atoms with van der Waals surface area (Å²) in [6.07, 6.45) is 1.65. The number of aromatic nitrogens is 3. The van der Waals surface area contributed by atoms with Gasteiger partial charge in [0, 0.05) is 17.8 Å². The average Bonchev–Trinajstić information content (AvgIpc) is 2.48. The standard InChI is InChI=1S/C15H9Cl2N3/c16-11-7-4-8-18-14(11)15-19-12(9-13(17)20-15)10-5-2-1-3-6-10/h1-9H. The van der Waals surface area contributed by atoms with Gasteiger partial charge in [0.2, 0.25) is 0 Å². The minimum absolute atomic E-state index is 0.357. The number of rotatable bonds is 2. The van der Waals surface area contributed by atoms with Crippen molar-refractivity contribution in [1.82, 2.24) is 15.0 Å². The van der Waals surface area contributed by atoms with Gasteiger partial charge in [-0.15, -0.1) is 0 Å². The van der Waals surface area contributed by atoms with Crippen LogP contribution in [0, 0.1) is 0 Å². The third-order valence-corrected chi connectivity index (χ3v) is 3.23. The van der Waals surface area contributed by atoms with Crippen molar-refractivity contribution >= 4 is 23.2 Å². The van der Waals surface area contributed by atoms with Crippen molar-refractivity contribution < 1.29 is 0 Å². The number of halogens is 2. The Morgan fingerprint density at radius 2 is 1.65 bits per heavy atom. The zero-order valence-corrected chi connectivity index (χ0v) is 11.8. The van der Waals surface area contributed by atoms with Crippen molar-refractivity contribution in [2.75, 3.05) is 0 Å². The highest BCUT2D eigenvalue weighted by Gasteiger charge is 2.11. The van der Waals surface area contributed by atoms with Crippen molar-refractivity contribution in [3.8, 4) is 22.8 Å². The molecule has 2 aromatic heterocycles. The van der Waals surface area contributed by atoms with Crippen LogP contribution in [0.1, 0.15) is 0 Å². The van der Waals surface area contributed by atoms with Crippen molar-refractivity contribution in [1.29, 1.82) is 0 Å². The molecule has 1 aromatic carbocycles. The van der Waals surface area contributed by atoms with E-state index in [1.54, 1.807) is 24.4 Å².